The number of hydrogen-bond donors (Lipinski definition) is 2. The Balaban J connectivity index is 2.14. The second-order valence-electron chi connectivity index (χ2n) is 5.53. The maximum absolute atomic E-state index is 13.1. The van der Waals surface area contributed by atoms with Crippen LogP contribution in [0.15, 0.2) is 16.6 Å². The Labute approximate surface area is 127 Å². The van der Waals surface area contributed by atoms with E-state index in [0.717, 1.165) is 12.8 Å². The molecule has 1 saturated heterocycles. The highest BCUT2D eigenvalue weighted by Crippen LogP contribution is 2.34. The number of nitrogens with one attached hydrogen (secondary N) is 1. The van der Waals surface area contributed by atoms with Gasteiger partial charge >= 0.3 is 0 Å². The number of imidazole rings is 1. The van der Waals surface area contributed by atoms with Gasteiger partial charge in [-0.1, -0.05) is 13.8 Å². The highest BCUT2D eigenvalue weighted by Gasteiger charge is 2.40. The number of nitrogen functional groups attached to an aromatic ring is 1. The Morgan fingerprint density at radius 3 is 2.95 bits per heavy atom. The van der Waals surface area contributed by atoms with Crippen LogP contribution in [0.4, 0.5) is 5.82 Å². The first kappa shape index (κ1) is 14.8. The first-order valence-corrected chi connectivity index (χ1v) is 9.22. The lowest BCUT2D eigenvalue weighted by Crippen LogP contribution is -2.39. The Morgan fingerprint density at radius 2 is 2.29 bits per heavy atom. The van der Waals surface area contributed by atoms with Crippen molar-refractivity contribution in [1.82, 2.24) is 13.7 Å². The minimum Gasteiger partial charge on any atom is -0.306 e. The maximum atomic E-state index is 13.1. The smallest absolute Gasteiger partial charge is 0.263 e. The van der Waals surface area contributed by atoms with E-state index in [4.69, 9.17) is 5.84 Å². The molecule has 0 spiro atoms. The number of thiazole rings is 1. The van der Waals surface area contributed by atoms with Gasteiger partial charge < -0.3 is 5.43 Å². The lowest BCUT2D eigenvalue weighted by atomic mass is 10.0. The molecule has 1 aliphatic rings. The molecule has 0 amide bonds. The summed E-state index contributed by atoms with van der Waals surface area (Å²) in [6.45, 7) is 4.65. The van der Waals surface area contributed by atoms with Crippen molar-refractivity contribution >= 4 is 32.1 Å². The molecule has 0 saturated carbocycles. The molecule has 1 aliphatic heterocycles. The largest absolute Gasteiger partial charge is 0.306 e. The van der Waals surface area contributed by atoms with Crippen molar-refractivity contribution in [1.29, 1.82) is 0 Å². The zero-order valence-corrected chi connectivity index (χ0v) is 13.6. The number of hydrazine groups is 1. The molecule has 9 heteroatoms. The van der Waals surface area contributed by atoms with Gasteiger partial charge in [0.05, 0.1) is 0 Å². The van der Waals surface area contributed by atoms with Gasteiger partial charge in [-0.15, -0.1) is 11.3 Å². The van der Waals surface area contributed by atoms with E-state index in [1.807, 2.05) is 5.38 Å². The second kappa shape index (κ2) is 5.24. The second-order valence-corrected chi connectivity index (χ2v) is 8.21. The number of aromatic nitrogens is 2. The van der Waals surface area contributed by atoms with Gasteiger partial charge in [0.25, 0.3) is 10.0 Å². The van der Waals surface area contributed by atoms with E-state index in [-0.39, 0.29) is 22.8 Å². The molecule has 3 N–H and O–H groups in total. The molecule has 1 atom stereocenters. The summed E-state index contributed by atoms with van der Waals surface area (Å²) >= 11 is 1.38. The lowest BCUT2D eigenvalue weighted by Gasteiger charge is -2.26. The third-order valence-corrected chi connectivity index (χ3v) is 6.63. The number of sulfonamides is 1. The summed E-state index contributed by atoms with van der Waals surface area (Å²) in [6.07, 6.45) is 3.49. The molecule has 116 valence electrons. The zero-order chi connectivity index (χ0) is 15.2. The van der Waals surface area contributed by atoms with E-state index in [0.29, 0.717) is 11.5 Å². The van der Waals surface area contributed by atoms with E-state index in [1.54, 1.807) is 14.9 Å². The average molecular weight is 329 g/mol. The predicted octanol–water partition coefficient (Wildman–Crippen LogP) is 1.49. The summed E-state index contributed by atoms with van der Waals surface area (Å²) in [5.74, 6) is 5.94. The Hall–Kier alpha value is -1.16. The minimum atomic E-state index is -3.63. The van der Waals surface area contributed by atoms with Crippen LogP contribution in [-0.4, -0.2) is 34.7 Å². The normalized spacial score (nSPS) is 20.7. The van der Waals surface area contributed by atoms with Crippen LogP contribution in [0, 0.1) is 5.92 Å². The highest BCUT2D eigenvalue weighted by molar-refractivity contribution is 7.89. The first-order chi connectivity index (χ1) is 9.96. The van der Waals surface area contributed by atoms with Crippen molar-refractivity contribution in [2.45, 2.75) is 37.8 Å². The number of anilines is 1. The van der Waals surface area contributed by atoms with E-state index in [2.05, 4.69) is 24.3 Å². The molecule has 3 heterocycles. The number of nitrogens with zero attached hydrogens (tertiary/aromatic N) is 3. The SMILES string of the molecule is CC(C)C1CCCN1S(=O)(=O)c1c(NN)nc2sccn12. The number of nitrogens with two attached hydrogens (primary N) is 1. The molecular formula is C12H19N5O2S2. The fourth-order valence-corrected chi connectivity index (χ4v) is 5.76. The maximum Gasteiger partial charge on any atom is 0.263 e. The van der Waals surface area contributed by atoms with Crippen molar-refractivity contribution in [3.8, 4) is 0 Å². The number of rotatable bonds is 4. The monoisotopic (exact) mass is 329 g/mol. The third kappa shape index (κ3) is 2.24. The van der Waals surface area contributed by atoms with Crippen LogP contribution in [0.1, 0.15) is 26.7 Å². The molecule has 0 aromatic carbocycles. The summed E-state index contributed by atoms with van der Waals surface area (Å²) in [6, 6.07) is 0.0322. The van der Waals surface area contributed by atoms with E-state index in [9.17, 15) is 8.42 Å². The van der Waals surface area contributed by atoms with Gasteiger partial charge in [-0.3, -0.25) is 4.40 Å². The van der Waals surface area contributed by atoms with Gasteiger partial charge in [-0.2, -0.15) is 9.29 Å². The molecule has 7 nitrogen and oxygen atoms in total. The van der Waals surface area contributed by atoms with Crippen molar-refractivity contribution in [2.75, 3.05) is 12.0 Å². The Morgan fingerprint density at radius 1 is 1.52 bits per heavy atom. The predicted molar refractivity (Wildman–Crippen MR) is 82.6 cm³/mol. The zero-order valence-electron chi connectivity index (χ0n) is 12.0. The van der Waals surface area contributed by atoms with Crippen molar-refractivity contribution in [2.24, 2.45) is 11.8 Å². The van der Waals surface area contributed by atoms with Gasteiger partial charge in [-0.25, -0.2) is 14.3 Å². The Kier molecular flexibility index (Phi) is 3.68. The van der Waals surface area contributed by atoms with Crippen molar-refractivity contribution < 1.29 is 8.42 Å². The van der Waals surface area contributed by atoms with E-state index < -0.39 is 10.0 Å². The van der Waals surface area contributed by atoms with E-state index >= 15 is 0 Å². The van der Waals surface area contributed by atoms with Crippen molar-refractivity contribution in [3.63, 3.8) is 0 Å². The summed E-state index contributed by atoms with van der Waals surface area (Å²) in [5, 5.41) is 1.94. The van der Waals surface area contributed by atoms with Gasteiger partial charge in [0.2, 0.25) is 5.03 Å². The summed E-state index contributed by atoms with van der Waals surface area (Å²) in [7, 11) is -3.63. The molecule has 2 aromatic heterocycles. The van der Waals surface area contributed by atoms with Crippen LogP contribution in [-0.2, 0) is 10.0 Å². The standard InChI is InChI=1S/C12H19N5O2S2/c1-8(2)9-4-3-5-17(9)21(18,19)11-10(15-13)14-12-16(11)6-7-20-12/h6-9,15H,3-5,13H2,1-2H3. The minimum absolute atomic E-state index is 0.0322. The van der Waals surface area contributed by atoms with Crippen LogP contribution in [0.5, 0.6) is 0 Å². The molecule has 0 radical (unpaired) electrons. The average Bonchev–Trinajstić information content (AvgIpc) is 3.12. The Bertz CT molecular complexity index is 749. The van der Waals surface area contributed by atoms with Crippen LogP contribution >= 0.6 is 11.3 Å². The molecular weight excluding hydrogens is 310 g/mol. The number of fused-ring (bicyclic) bond motifs is 1. The van der Waals surface area contributed by atoms with Crippen LogP contribution in [0.2, 0.25) is 0 Å². The fourth-order valence-electron chi connectivity index (χ4n) is 2.95. The summed E-state index contributed by atoms with van der Waals surface area (Å²) in [4.78, 5) is 4.85. The molecule has 21 heavy (non-hydrogen) atoms. The van der Waals surface area contributed by atoms with Crippen LogP contribution in [0.25, 0.3) is 4.96 Å². The van der Waals surface area contributed by atoms with Crippen LogP contribution in [0.3, 0.4) is 0 Å². The van der Waals surface area contributed by atoms with Gasteiger partial charge in [0.15, 0.2) is 10.8 Å². The third-order valence-electron chi connectivity index (χ3n) is 3.93. The summed E-state index contributed by atoms with van der Waals surface area (Å²) < 4.78 is 29.3. The first-order valence-electron chi connectivity index (χ1n) is 6.91. The lowest BCUT2D eigenvalue weighted by molar-refractivity contribution is 0.315. The molecule has 3 rings (SSSR count). The summed E-state index contributed by atoms with van der Waals surface area (Å²) in [5.41, 5.74) is 2.41. The van der Waals surface area contributed by atoms with Gasteiger partial charge in [-0.05, 0) is 18.8 Å². The molecule has 1 fully saturated rings. The fraction of sp³-hybridized carbons (Fsp3) is 0.583. The van der Waals surface area contributed by atoms with E-state index in [1.165, 1.54) is 11.3 Å². The topological polar surface area (TPSA) is 92.7 Å². The van der Waals surface area contributed by atoms with Crippen molar-refractivity contribution in [3.05, 3.63) is 11.6 Å². The van der Waals surface area contributed by atoms with Gasteiger partial charge in [0.1, 0.15) is 0 Å². The molecule has 0 bridgehead atoms. The molecule has 1 unspecified atom stereocenters. The van der Waals surface area contributed by atoms with Crippen LogP contribution < -0.4 is 11.3 Å². The highest BCUT2D eigenvalue weighted by atomic mass is 32.2. The molecule has 0 aliphatic carbocycles. The number of hydrogen-bond acceptors (Lipinski definition) is 6. The quantitative estimate of drug-likeness (QED) is 0.655. The molecule has 2 aromatic rings. The van der Waals surface area contributed by atoms with Gasteiger partial charge in [0, 0.05) is 24.2 Å².